The molecule has 0 unspecified atom stereocenters. The lowest BCUT2D eigenvalue weighted by Gasteiger charge is -2.21. The van der Waals surface area contributed by atoms with Crippen LogP contribution in [0.5, 0.6) is 0 Å². The predicted molar refractivity (Wildman–Crippen MR) is 54.8 cm³/mol. The lowest BCUT2D eigenvalue weighted by atomic mass is 9.96. The van der Waals surface area contributed by atoms with Crippen LogP contribution in [0.1, 0.15) is 42.0 Å². The molecule has 1 fully saturated rings. The fraction of sp³-hybridized carbons (Fsp3) is 0.545. The Balaban J connectivity index is 2.19. The normalized spacial score (nSPS) is 17.7. The molecule has 4 nitrogen and oxygen atoms in total. The van der Waals surface area contributed by atoms with Crippen LogP contribution in [0.25, 0.3) is 0 Å². The first-order chi connectivity index (χ1) is 7.27. The summed E-state index contributed by atoms with van der Waals surface area (Å²) in [7, 11) is 0. The van der Waals surface area contributed by atoms with E-state index < -0.39 is 0 Å². The number of carbonyl (C=O) groups excluding carboxylic acids is 1. The van der Waals surface area contributed by atoms with Crippen LogP contribution in [0, 0.1) is 0 Å². The van der Waals surface area contributed by atoms with Gasteiger partial charge in [-0.25, -0.2) is 9.97 Å². The Morgan fingerprint density at radius 2 is 2.20 bits per heavy atom. The number of hydrogen-bond donors (Lipinski definition) is 0. The van der Waals surface area contributed by atoms with Gasteiger partial charge in [0, 0.05) is 37.9 Å². The Hall–Kier alpha value is -1.29. The van der Waals surface area contributed by atoms with E-state index >= 15 is 0 Å². The lowest BCUT2D eigenvalue weighted by Crippen LogP contribution is -2.16. The van der Waals surface area contributed by atoms with Crippen molar-refractivity contribution in [2.75, 3.05) is 13.2 Å². The van der Waals surface area contributed by atoms with E-state index in [2.05, 4.69) is 9.97 Å². The average molecular weight is 206 g/mol. The van der Waals surface area contributed by atoms with Gasteiger partial charge in [-0.05, 0) is 18.9 Å². The van der Waals surface area contributed by atoms with Crippen molar-refractivity contribution in [1.82, 2.24) is 9.97 Å². The molecule has 1 saturated heterocycles. The van der Waals surface area contributed by atoms with Crippen LogP contribution in [0.3, 0.4) is 0 Å². The molecular formula is C11H14N2O2. The van der Waals surface area contributed by atoms with Gasteiger partial charge in [0.05, 0.1) is 0 Å². The van der Waals surface area contributed by atoms with Gasteiger partial charge in [-0.1, -0.05) is 0 Å². The SMILES string of the molecule is CC(=O)c1nccc(C2CCOCC2)n1. The molecule has 2 rings (SSSR count). The fourth-order valence-corrected chi connectivity index (χ4v) is 1.76. The van der Waals surface area contributed by atoms with Crippen molar-refractivity contribution in [3.63, 3.8) is 0 Å². The van der Waals surface area contributed by atoms with Crippen LogP contribution in [0.4, 0.5) is 0 Å². The fourth-order valence-electron chi connectivity index (χ4n) is 1.76. The summed E-state index contributed by atoms with van der Waals surface area (Å²) in [6, 6.07) is 1.89. The third-order valence-electron chi connectivity index (χ3n) is 2.63. The zero-order valence-corrected chi connectivity index (χ0v) is 8.77. The molecular weight excluding hydrogens is 192 g/mol. The number of rotatable bonds is 2. The molecule has 0 saturated carbocycles. The van der Waals surface area contributed by atoms with Crippen molar-refractivity contribution < 1.29 is 9.53 Å². The number of aromatic nitrogens is 2. The zero-order chi connectivity index (χ0) is 10.7. The summed E-state index contributed by atoms with van der Waals surface area (Å²) in [5.41, 5.74) is 0.971. The number of carbonyl (C=O) groups is 1. The molecule has 0 aliphatic carbocycles. The molecule has 15 heavy (non-hydrogen) atoms. The highest BCUT2D eigenvalue weighted by Crippen LogP contribution is 2.24. The summed E-state index contributed by atoms with van der Waals surface area (Å²) in [6.07, 6.45) is 3.62. The summed E-state index contributed by atoms with van der Waals surface area (Å²) in [4.78, 5) is 19.4. The topological polar surface area (TPSA) is 52.1 Å². The van der Waals surface area contributed by atoms with Gasteiger partial charge >= 0.3 is 0 Å². The average Bonchev–Trinajstić information content (AvgIpc) is 2.30. The van der Waals surface area contributed by atoms with Crippen LogP contribution in [0.15, 0.2) is 12.3 Å². The molecule has 1 aromatic heterocycles. The molecule has 0 radical (unpaired) electrons. The van der Waals surface area contributed by atoms with Crippen molar-refractivity contribution in [2.24, 2.45) is 0 Å². The van der Waals surface area contributed by atoms with E-state index in [0.29, 0.717) is 11.7 Å². The molecule has 0 spiro atoms. The maximum atomic E-state index is 11.1. The van der Waals surface area contributed by atoms with Crippen molar-refractivity contribution in [3.05, 3.63) is 23.8 Å². The van der Waals surface area contributed by atoms with Crippen molar-refractivity contribution >= 4 is 5.78 Å². The van der Waals surface area contributed by atoms with Crippen molar-refractivity contribution in [3.8, 4) is 0 Å². The molecule has 2 heterocycles. The van der Waals surface area contributed by atoms with E-state index in [9.17, 15) is 4.79 Å². The van der Waals surface area contributed by atoms with Crippen LogP contribution < -0.4 is 0 Å². The first kappa shape index (κ1) is 10.2. The summed E-state index contributed by atoms with van der Waals surface area (Å²) in [6.45, 7) is 3.05. The first-order valence-electron chi connectivity index (χ1n) is 5.19. The van der Waals surface area contributed by atoms with E-state index in [1.165, 1.54) is 6.92 Å². The second-order valence-electron chi connectivity index (χ2n) is 3.75. The van der Waals surface area contributed by atoms with Gasteiger partial charge < -0.3 is 4.74 Å². The Labute approximate surface area is 88.7 Å². The largest absolute Gasteiger partial charge is 0.381 e. The van der Waals surface area contributed by atoms with E-state index in [0.717, 1.165) is 31.7 Å². The molecule has 1 aliphatic heterocycles. The maximum Gasteiger partial charge on any atom is 0.196 e. The molecule has 1 aliphatic rings. The van der Waals surface area contributed by atoms with Crippen molar-refractivity contribution in [1.29, 1.82) is 0 Å². The highest BCUT2D eigenvalue weighted by Gasteiger charge is 2.18. The van der Waals surface area contributed by atoms with Crippen molar-refractivity contribution in [2.45, 2.75) is 25.7 Å². The summed E-state index contributed by atoms with van der Waals surface area (Å²) < 4.78 is 5.29. The molecule has 0 bridgehead atoms. The van der Waals surface area contributed by atoms with Crippen LogP contribution in [-0.4, -0.2) is 29.0 Å². The Morgan fingerprint density at radius 1 is 1.47 bits per heavy atom. The number of ether oxygens (including phenoxy) is 1. The number of Topliss-reactive ketones (excluding diaryl/α,β-unsaturated/α-hetero) is 1. The smallest absolute Gasteiger partial charge is 0.196 e. The summed E-state index contributed by atoms with van der Waals surface area (Å²) in [5.74, 6) is 0.655. The van der Waals surface area contributed by atoms with Gasteiger partial charge in [0.15, 0.2) is 11.6 Å². The Bertz CT molecular complexity index is 359. The maximum absolute atomic E-state index is 11.1. The minimum absolute atomic E-state index is 0.0797. The third kappa shape index (κ3) is 2.39. The molecule has 4 heteroatoms. The minimum atomic E-state index is -0.0797. The van der Waals surface area contributed by atoms with Gasteiger partial charge in [0.1, 0.15) is 0 Å². The van der Waals surface area contributed by atoms with E-state index in [4.69, 9.17) is 4.74 Å². The first-order valence-corrected chi connectivity index (χ1v) is 5.19. The second-order valence-corrected chi connectivity index (χ2v) is 3.75. The second kappa shape index (κ2) is 4.49. The van der Waals surface area contributed by atoms with Gasteiger partial charge in [-0.15, -0.1) is 0 Å². The summed E-state index contributed by atoms with van der Waals surface area (Å²) >= 11 is 0. The Kier molecular flexibility index (Phi) is 3.06. The number of hydrogen-bond acceptors (Lipinski definition) is 4. The minimum Gasteiger partial charge on any atom is -0.381 e. The van der Waals surface area contributed by atoms with E-state index in [-0.39, 0.29) is 5.78 Å². The standard InChI is InChI=1S/C11H14N2O2/c1-8(14)11-12-5-2-10(13-11)9-3-6-15-7-4-9/h2,5,9H,3-4,6-7H2,1H3. The van der Waals surface area contributed by atoms with Gasteiger partial charge in [0.25, 0.3) is 0 Å². The Morgan fingerprint density at radius 3 is 2.87 bits per heavy atom. The van der Waals surface area contributed by atoms with Crippen LogP contribution >= 0.6 is 0 Å². The van der Waals surface area contributed by atoms with Gasteiger partial charge in [-0.3, -0.25) is 4.79 Å². The molecule has 0 N–H and O–H groups in total. The quantitative estimate of drug-likeness (QED) is 0.689. The summed E-state index contributed by atoms with van der Waals surface area (Å²) in [5, 5.41) is 0. The predicted octanol–water partition coefficient (Wildman–Crippen LogP) is 1.57. The third-order valence-corrected chi connectivity index (χ3v) is 2.63. The number of nitrogens with zero attached hydrogens (tertiary/aromatic N) is 2. The van der Waals surface area contributed by atoms with E-state index in [1.54, 1.807) is 6.20 Å². The lowest BCUT2D eigenvalue weighted by molar-refractivity contribution is 0.0843. The zero-order valence-electron chi connectivity index (χ0n) is 8.77. The van der Waals surface area contributed by atoms with Crippen LogP contribution in [0.2, 0.25) is 0 Å². The molecule has 0 aromatic carbocycles. The van der Waals surface area contributed by atoms with Gasteiger partial charge in [-0.2, -0.15) is 0 Å². The van der Waals surface area contributed by atoms with Crippen LogP contribution in [-0.2, 0) is 4.74 Å². The molecule has 0 amide bonds. The molecule has 1 aromatic rings. The highest BCUT2D eigenvalue weighted by atomic mass is 16.5. The van der Waals surface area contributed by atoms with Gasteiger partial charge in [0.2, 0.25) is 0 Å². The molecule has 0 atom stereocenters. The van der Waals surface area contributed by atoms with E-state index in [1.807, 2.05) is 6.07 Å². The highest BCUT2D eigenvalue weighted by molar-refractivity contribution is 5.90. The monoisotopic (exact) mass is 206 g/mol. The number of ketones is 1. The molecule has 80 valence electrons.